The van der Waals surface area contributed by atoms with Gasteiger partial charge in [-0.3, -0.25) is 9.89 Å². The molecule has 0 unspecified atom stereocenters. The normalized spacial score (nSPS) is 13.5. The molecule has 0 aromatic carbocycles. The van der Waals surface area contributed by atoms with Crippen LogP contribution in [0.15, 0.2) is 4.99 Å². The van der Waals surface area contributed by atoms with Crippen LogP contribution in [0, 0.1) is 5.41 Å². The summed E-state index contributed by atoms with van der Waals surface area (Å²) in [6, 6.07) is 1.19. The maximum atomic E-state index is 4.78. The number of nitrogens with one attached hydrogen (secondary N) is 2. The third-order valence-electron chi connectivity index (χ3n) is 3.97. The van der Waals surface area contributed by atoms with E-state index >= 15 is 0 Å². The van der Waals surface area contributed by atoms with E-state index in [0.29, 0.717) is 12.1 Å². The van der Waals surface area contributed by atoms with Crippen molar-refractivity contribution in [3.8, 4) is 0 Å². The molecular formula is C19H43N5. The molecule has 0 atom stereocenters. The second-order valence-electron chi connectivity index (χ2n) is 8.30. The Morgan fingerprint density at radius 3 is 2.08 bits per heavy atom. The second-order valence-corrected chi connectivity index (χ2v) is 8.30. The maximum Gasteiger partial charge on any atom is 0.191 e. The summed E-state index contributed by atoms with van der Waals surface area (Å²) in [6.45, 7) is 20.6. The van der Waals surface area contributed by atoms with Crippen LogP contribution in [0.1, 0.15) is 54.9 Å². The van der Waals surface area contributed by atoms with Crippen LogP contribution >= 0.6 is 0 Å². The Bertz CT molecular complexity index is 340. The van der Waals surface area contributed by atoms with E-state index in [1.165, 1.54) is 0 Å². The van der Waals surface area contributed by atoms with Gasteiger partial charge >= 0.3 is 0 Å². The third-order valence-corrected chi connectivity index (χ3v) is 3.97. The Labute approximate surface area is 151 Å². The average molecular weight is 342 g/mol. The van der Waals surface area contributed by atoms with Gasteiger partial charge in [0.2, 0.25) is 0 Å². The minimum atomic E-state index is 0.179. The molecule has 5 nitrogen and oxygen atoms in total. The van der Waals surface area contributed by atoms with E-state index in [9.17, 15) is 0 Å². The molecule has 0 saturated carbocycles. The molecule has 0 aliphatic rings. The van der Waals surface area contributed by atoms with Gasteiger partial charge in [0, 0.05) is 44.8 Å². The van der Waals surface area contributed by atoms with E-state index in [-0.39, 0.29) is 5.41 Å². The van der Waals surface area contributed by atoms with Crippen LogP contribution in [0.4, 0.5) is 0 Å². The average Bonchev–Trinajstić information content (AvgIpc) is 2.42. The molecule has 0 fully saturated rings. The van der Waals surface area contributed by atoms with E-state index in [1.54, 1.807) is 0 Å². The highest BCUT2D eigenvalue weighted by Gasteiger charge is 2.18. The zero-order chi connectivity index (χ0) is 18.8. The number of hydrogen-bond acceptors (Lipinski definition) is 3. The zero-order valence-corrected chi connectivity index (χ0v) is 17.7. The Balaban J connectivity index is 4.40. The predicted molar refractivity (Wildman–Crippen MR) is 108 cm³/mol. The summed E-state index contributed by atoms with van der Waals surface area (Å²) in [6.07, 6.45) is 1.13. The molecule has 0 rings (SSSR count). The van der Waals surface area contributed by atoms with Crippen LogP contribution in [-0.4, -0.2) is 74.7 Å². The highest BCUT2D eigenvalue weighted by molar-refractivity contribution is 5.79. The summed E-state index contributed by atoms with van der Waals surface area (Å²) >= 11 is 0. The Morgan fingerprint density at radius 2 is 1.62 bits per heavy atom. The molecule has 0 saturated heterocycles. The monoisotopic (exact) mass is 341 g/mol. The molecule has 24 heavy (non-hydrogen) atoms. The van der Waals surface area contributed by atoms with Crippen molar-refractivity contribution >= 4 is 5.96 Å². The number of hydrogen-bond donors (Lipinski definition) is 2. The summed E-state index contributed by atoms with van der Waals surface area (Å²) in [5.74, 6) is 0.935. The first kappa shape index (κ1) is 23.2. The molecule has 0 aliphatic carbocycles. The SMILES string of the molecule is CCNC(=NCC(C)(C)CN(C)C)NCCCN(C(C)C)C(C)C. The fraction of sp³-hybridized carbons (Fsp3) is 0.947. The first-order valence-corrected chi connectivity index (χ1v) is 9.51. The lowest BCUT2D eigenvalue weighted by atomic mass is 9.93. The second kappa shape index (κ2) is 11.7. The Morgan fingerprint density at radius 1 is 1.04 bits per heavy atom. The van der Waals surface area contributed by atoms with Gasteiger partial charge in [0.25, 0.3) is 0 Å². The number of rotatable bonds is 11. The van der Waals surface area contributed by atoms with E-state index in [2.05, 4.69) is 83.0 Å². The molecule has 5 heteroatoms. The van der Waals surface area contributed by atoms with Gasteiger partial charge in [0.1, 0.15) is 0 Å². The molecule has 144 valence electrons. The van der Waals surface area contributed by atoms with Crippen molar-refractivity contribution in [1.29, 1.82) is 0 Å². The zero-order valence-electron chi connectivity index (χ0n) is 17.7. The van der Waals surface area contributed by atoms with E-state index in [0.717, 1.165) is 45.1 Å². The molecule has 0 aliphatic heterocycles. The smallest absolute Gasteiger partial charge is 0.191 e. The van der Waals surface area contributed by atoms with Crippen molar-refractivity contribution in [1.82, 2.24) is 20.4 Å². The molecule has 0 spiro atoms. The minimum absolute atomic E-state index is 0.179. The molecule has 0 radical (unpaired) electrons. The molecule has 0 aromatic heterocycles. The molecule has 0 aromatic rings. The largest absolute Gasteiger partial charge is 0.357 e. The van der Waals surface area contributed by atoms with Gasteiger partial charge in [-0.25, -0.2) is 0 Å². The predicted octanol–water partition coefficient (Wildman–Crippen LogP) is 2.64. The summed E-state index contributed by atoms with van der Waals surface area (Å²) in [5, 5.41) is 6.83. The summed E-state index contributed by atoms with van der Waals surface area (Å²) in [4.78, 5) is 9.54. The van der Waals surface area contributed by atoms with Crippen molar-refractivity contribution in [2.45, 2.75) is 67.0 Å². The van der Waals surface area contributed by atoms with Gasteiger partial charge in [0.05, 0.1) is 0 Å². The molecule has 0 heterocycles. The van der Waals surface area contributed by atoms with Crippen molar-refractivity contribution in [2.24, 2.45) is 10.4 Å². The fourth-order valence-electron chi connectivity index (χ4n) is 3.12. The van der Waals surface area contributed by atoms with E-state index in [1.807, 2.05) is 0 Å². The standard InChI is InChI=1S/C19H43N5/c1-10-20-18(22-14-19(6,7)15-23(8)9)21-12-11-13-24(16(2)3)17(4)5/h16-17H,10-15H2,1-9H3,(H2,20,21,22). The highest BCUT2D eigenvalue weighted by atomic mass is 15.2. The van der Waals surface area contributed by atoms with Crippen LogP contribution in [0.25, 0.3) is 0 Å². The summed E-state index contributed by atoms with van der Waals surface area (Å²) in [7, 11) is 4.23. The van der Waals surface area contributed by atoms with Crippen LogP contribution in [0.3, 0.4) is 0 Å². The number of aliphatic imine (C=N–C) groups is 1. The van der Waals surface area contributed by atoms with Gasteiger partial charge in [-0.05, 0) is 60.5 Å². The lowest BCUT2D eigenvalue weighted by Crippen LogP contribution is -2.42. The van der Waals surface area contributed by atoms with Crippen LogP contribution < -0.4 is 10.6 Å². The summed E-state index contributed by atoms with van der Waals surface area (Å²) in [5.41, 5.74) is 0.179. The van der Waals surface area contributed by atoms with Crippen molar-refractivity contribution in [2.75, 3.05) is 46.8 Å². The quantitative estimate of drug-likeness (QED) is 0.344. The highest BCUT2D eigenvalue weighted by Crippen LogP contribution is 2.16. The first-order chi connectivity index (χ1) is 11.1. The Hall–Kier alpha value is -0.810. The third kappa shape index (κ3) is 10.9. The van der Waals surface area contributed by atoms with Gasteiger partial charge in [-0.15, -0.1) is 0 Å². The lowest BCUT2D eigenvalue weighted by Gasteiger charge is -2.30. The van der Waals surface area contributed by atoms with Crippen LogP contribution in [-0.2, 0) is 0 Å². The van der Waals surface area contributed by atoms with Gasteiger partial charge in [0.15, 0.2) is 5.96 Å². The van der Waals surface area contributed by atoms with E-state index in [4.69, 9.17) is 4.99 Å². The van der Waals surface area contributed by atoms with Crippen molar-refractivity contribution in [3.05, 3.63) is 0 Å². The van der Waals surface area contributed by atoms with Crippen LogP contribution in [0.5, 0.6) is 0 Å². The van der Waals surface area contributed by atoms with Crippen LogP contribution in [0.2, 0.25) is 0 Å². The minimum Gasteiger partial charge on any atom is -0.357 e. The van der Waals surface area contributed by atoms with Crippen molar-refractivity contribution < 1.29 is 0 Å². The Kier molecular flexibility index (Phi) is 11.3. The number of guanidine groups is 1. The van der Waals surface area contributed by atoms with Gasteiger partial charge in [-0.1, -0.05) is 13.8 Å². The molecule has 0 amide bonds. The van der Waals surface area contributed by atoms with E-state index < -0.39 is 0 Å². The van der Waals surface area contributed by atoms with Gasteiger partial charge < -0.3 is 15.5 Å². The van der Waals surface area contributed by atoms with Crippen molar-refractivity contribution in [3.63, 3.8) is 0 Å². The molecular weight excluding hydrogens is 298 g/mol. The lowest BCUT2D eigenvalue weighted by molar-refractivity contribution is 0.173. The summed E-state index contributed by atoms with van der Waals surface area (Å²) < 4.78 is 0. The topological polar surface area (TPSA) is 42.9 Å². The molecule has 0 bridgehead atoms. The van der Waals surface area contributed by atoms with Gasteiger partial charge in [-0.2, -0.15) is 0 Å². The maximum absolute atomic E-state index is 4.78. The molecule has 2 N–H and O–H groups in total. The first-order valence-electron chi connectivity index (χ1n) is 9.51. The fourth-order valence-corrected chi connectivity index (χ4v) is 3.12. The number of nitrogens with zero attached hydrogens (tertiary/aromatic N) is 3.